The van der Waals surface area contributed by atoms with Crippen molar-refractivity contribution in [2.24, 2.45) is 0 Å². The summed E-state index contributed by atoms with van der Waals surface area (Å²) >= 11 is 3.40. The molecule has 128 valence electrons. The molecule has 0 aliphatic carbocycles. The normalized spacial score (nSPS) is 10.5. The first-order chi connectivity index (χ1) is 12.1. The van der Waals surface area contributed by atoms with Crippen LogP contribution in [0.1, 0.15) is 15.9 Å². The zero-order valence-electron chi connectivity index (χ0n) is 13.4. The third-order valence-electron chi connectivity index (χ3n) is 3.62. The lowest BCUT2D eigenvalue weighted by atomic mass is 10.2. The zero-order chi connectivity index (χ0) is 17.8. The Morgan fingerprint density at radius 1 is 1.28 bits per heavy atom. The second kappa shape index (κ2) is 7.48. The van der Waals surface area contributed by atoms with Crippen molar-refractivity contribution in [1.29, 1.82) is 0 Å². The molecule has 1 amide bonds. The second-order valence-corrected chi connectivity index (χ2v) is 6.20. The smallest absolute Gasteiger partial charge is 0.254 e. The Hall–Kier alpha value is -2.67. The molecule has 0 radical (unpaired) electrons. The summed E-state index contributed by atoms with van der Waals surface area (Å²) in [6.07, 6.45) is 3.07. The van der Waals surface area contributed by atoms with E-state index in [1.54, 1.807) is 25.4 Å². The van der Waals surface area contributed by atoms with E-state index in [2.05, 4.69) is 26.3 Å². The molecule has 7 heteroatoms. The number of ether oxygens (including phenoxy) is 1. The van der Waals surface area contributed by atoms with Crippen LogP contribution in [0.15, 0.2) is 59.3 Å². The molecular formula is C18H15BrFN3O2. The van der Waals surface area contributed by atoms with E-state index in [-0.39, 0.29) is 11.7 Å². The predicted octanol–water partition coefficient (Wildman–Crippen LogP) is 3.71. The lowest BCUT2D eigenvalue weighted by Crippen LogP contribution is -2.22. The van der Waals surface area contributed by atoms with Gasteiger partial charge in [-0.25, -0.2) is 9.07 Å². The van der Waals surface area contributed by atoms with Crippen molar-refractivity contribution in [3.8, 4) is 11.4 Å². The summed E-state index contributed by atoms with van der Waals surface area (Å²) < 4.78 is 20.7. The van der Waals surface area contributed by atoms with Crippen molar-refractivity contribution in [1.82, 2.24) is 15.1 Å². The average molecular weight is 404 g/mol. The van der Waals surface area contributed by atoms with Gasteiger partial charge in [-0.2, -0.15) is 5.10 Å². The first-order valence-electron chi connectivity index (χ1n) is 7.48. The largest absolute Gasteiger partial charge is 0.496 e. The van der Waals surface area contributed by atoms with Crippen molar-refractivity contribution in [3.05, 3.63) is 76.3 Å². The van der Waals surface area contributed by atoms with Crippen LogP contribution in [0.5, 0.6) is 5.75 Å². The van der Waals surface area contributed by atoms with Gasteiger partial charge >= 0.3 is 0 Å². The molecule has 25 heavy (non-hydrogen) atoms. The number of halogens is 2. The molecule has 0 aliphatic heterocycles. The monoisotopic (exact) mass is 403 g/mol. The number of aromatic nitrogens is 2. The van der Waals surface area contributed by atoms with Crippen LogP contribution in [0.4, 0.5) is 4.39 Å². The highest BCUT2D eigenvalue weighted by atomic mass is 79.9. The Bertz CT molecular complexity index is 894. The molecule has 0 saturated carbocycles. The van der Waals surface area contributed by atoms with Gasteiger partial charge < -0.3 is 10.1 Å². The van der Waals surface area contributed by atoms with Crippen LogP contribution < -0.4 is 10.1 Å². The number of hydrogen-bond acceptors (Lipinski definition) is 3. The molecule has 3 rings (SSSR count). The van der Waals surface area contributed by atoms with Gasteiger partial charge in [0.2, 0.25) is 0 Å². The van der Waals surface area contributed by atoms with Crippen LogP contribution in [0.25, 0.3) is 5.69 Å². The lowest BCUT2D eigenvalue weighted by Gasteiger charge is -2.09. The van der Waals surface area contributed by atoms with E-state index < -0.39 is 0 Å². The van der Waals surface area contributed by atoms with E-state index in [4.69, 9.17) is 4.74 Å². The highest BCUT2D eigenvalue weighted by Crippen LogP contribution is 2.22. The van der Waals surface area contributed by atoms with Crippen molar-refractivity contribution in [2.75, 3.05) is 7.11 Å². The number of methoxy groups -OCH3 is 1. The third-order valence-corrected chi connectivity index (χ3v) is 4.11. The van der Waals surface area contributed by atoms with Gasteiger partial charge in [0, 0.05) is 22.8 Å². The molecule has 1 aromatic heterocycles. The number of nitrogens with one attached hydrogen (secondary N) is 1. The van der Waals surface area contributed by atoms with Gasteiger partial charge in [-0.15, -0.1) is 0 Å². The molecule has 5 nitrogen and oxygen atoms in total. The third kappa shape index (κ3) is 4.06. The van der Waals surface area contributed by atoms with Crippen LogP contribution in [-0.4, -0.2) is 22.8 Å². The highest BCUT2D eigenvalue weighted by molar-refractivity contribution is 9.10. The van der Waals surface area contributed by atoms with Gasteiger partial charge in [0.25, 0.3) is 5.91 Å². The minimum absolute atomic E-state index is 0.254. The average Bonchev–Trinajstić information content (AvgIpc) is 3.10. The second-order valence-electron chi connectivity index (χ2n) is 5.29. The van der Waals surface area contributed by atoms with Crippen LogP contribution in [-0.2, 0) is 6.54 Å². The molecule has 0 spiro atoms. The zero-order valence-corrected chi connectivity index (χ0v) is 15.0. The van der Waals surface area contributed by atoms with E-state index in [9.17, 15) is 9.18 Å². The van der Waals surface area contributed by atoms with E-state index >= 15 is 0 Å². The Morgan fingerprint density at radius 2 is 2.04 bits per heavy atom. The van der Waals surface area contributed by atoms with Gasteiger partial charge in [-0.3, -0.25) is 4.79 Å². The Labute approximate surface area is 152 Å². The van der Waals surface area contributed by atoms with Crippen molar-refractivity contribution >= 4 is 21.8 Å². The lowest BCUT2D eigenvalue weighted by molar-refractivity contribution is 0.0950. The van der Waals surface area contributed by atoms with Crippen LogP contribution in [0, 0.1) is 5.82 Å². The summed E-state index contributed by atoms with van der Waals surface area (Å²) in [7, 11) is 1.58. The van der Waals surface area contributed by atoms with Crippen molar-refractivity contribution in [3.63, 3.8) is 0 Å². The maximum atomic E-state index is 13.0. The SMILES string of the molecule is COc1ccc(Br)cc1CNC(=O)c1cnn(-c2ccc(F)cc2)c1. The number of benzene rings is 2. The number of carbonyl (C=O) groups excluding carboxylic acids is 1. The van der Waals surface area contributed by atoms with Gasteiger partial charge in [0.05, 0.1) is 24.6 Å². The summed E-state index contributed by atoms with van der Waals surface area (Å²) in [5, 5.41) is 6.98. The number of carbonyl (C=O) groups is 1. The molecule has 0 unspecified atom stereocenters. The fourth-order valence-corrected chi connectivity index (χ4v) is 2.75. The fourth-order valence-electron chi connectivity index (χ4n) is 2.34. The van der Waals surface area contributed by atoms with Crippen molar-refractivity contribution < 1.29 is 13.9 Å². The molecule has 1 N–H and O–H groups in total. The minimum Gasteiger partial charge on any atom is -0.496 e. The summed E-state index contributed by atoms with van der Waals surface area (Å²) in [5.41, 5.74) is 1.95. The Balaban J connectivity index is 1.70. The number of amides is 1. The summed E-state index contributed by atoms with van der Waals surface area (Å²) in [6.45, 7) is 0.323. The van der Waals surface area contributed by atoms with E-state index in [0.29, 0.717) is 23.5 Å². The molecular weight excluding hydrogens is 389 g/mol. The molecule has 0 saturated heterocycles. The number of nitrogens with zero attached hydrogens (tertiary/aromatic N) is 2. The van der Waals surface area contributed by atoms with Crippen LogP contribution >= 0.6 is 15.9 Å². The summed E-state index contributed by atoms with van der Waals surface area (Å²) in [5.74, 6) is 0.123. The summed E-state index contributed by atoms with van der Waals surface area (Å²) in [4.78, 5) is 12.3. The van der Waals surface area contributed by atoms with Crippen LogP contribution in [0.2, 0.25) is 0 Å². The van der Waals surface area contributed by atoms with Crippen molar-refractivity contribution in [2.45, 2.75) is 6.54 Å². The van der Waals surface area contributed by atoms with E-state index in [1.165, 1.54) is 23.0 Å². The van der Waals surface area contributed by atoms with Gasteiger partial charge in [-0.05, 0) is 42.5 Å². The molecule has 1 heterocycles. The maximum absolute atomic E-state index is 13.0. The first-order valence-corrected chi connectivity index (χ1v) is 8.27. The van der Waals surface area contributed by atoms with Gasteiger partial charge in [0.15, 0.2) is 0 Å². The standard InChI is InChI=1S/C18H15BrFN3O2/c1-25-17-7-2-14(19)8-12(17)9-21-18(24)13-10-22-23(11-13)16-5-3-15(20)4-6-16/h2-8,10-11H,9H2,1H3,(H,21,24). The summed E-state index contributed by atoms with van der Waals surface area (Å²) in [6, 6.07) is 11.5. The molecule has 0 aliphatic rings. The molecule has 0 atom stereocenters. The Kier molecular flexibility index (Phi) is 5.14. The van der Waals surface area contributed by atoms with Gasteiger partial charge in [-0.1, -0.05) is 15.9 Å². The minimum atomic E-state index is -0.322. The number of hydrogen-bond donors (Lipinski definition) is 1. The molecule has 0 bridgehead atoms. The fraction of sp³-hybridized carbons (Fsp3) is 0.111. The number of rotatable bonds is 5. The topological polar surface area (TPSA) is 56.1 Å². The molecule has 3 aromatic rings. The predicted molar refractivity (Wildman–Crippen MR) is 95.4 cm³/mol. The first kappa shape index (κ1) is 17.2. The van der Waals surface area contributed by atoms with Gasteiger partial charge in [0.1, 0.15) is 11.6 Å². The molecule has 2 aromatic carbocycles. The van der Waals surface area contributed by atoms with E-state index in [0.717, 1.165) is 10.0 Å². The quantitative estimate of drug-likeness (QED) is 0.706. The van der Waals surface area contributed by atoms with E-state index in [1.807, 2.05) is 18.2 Å². The maximum Gasteiger partial charge on any atom is 0.254 e. The highest BCUT2D eigenvalue weighted by Gasteiger charge is 2.11. The molecule has 0 fully saturated rings. The van der Waals surface area contributed by atoms with Crippen LogP contribution in [0.3, 0.4) is 0 Å². The Morgan fingerprint density at radius 3 is 2.76 bits per heavy atom.